The lowest BCUT2D eigenvalue weighted by Gasteiger charge is -2.31. The number of nitrogens with two attached hydrogens (primary N) is 1. The van der Waals surface area contributed by atoms with Crippen molar-refractivity contribution in [1.82, 2.24) is 9.88 Å². The van der Waals surface area contributed by atoms with Crippen LogP contribution in [-0.4, -0.2) is 53.8 Å². The standard InChI is InChI=1S/C22H26N4O2/c1-15(27)26-11-7-21(25-16-8-12-28-13-9-16)19(14-26)22(23)18-6-10-24-20-5-3-2-4-17(18)20/h2-6,10,16H,7-9,11-14,23H2,1H3. The molecule has 2 N–H and O–H groups in total. The topological polar surface area (TPSA) is 80.8 Å². The zero-order valence-electron chi connectivity index (χ0n) is 16.2. The number of fused-ring (bicyclic) bond motifs is 1. The first kappa shape index (κ1) is 18.6. The molecule has 2 saturated heterocycles. The van der Waals surface area contributed by atoms with Crippen LogP contribution >= 0.6 is 0 Å². The summed E-state index contributed by atoms with van der Waals surface area (Å²) in [6.45, 7) is 4.30. The monoisotopic (exact) mass is 378 g/mol. The third-order valence-electron chi connectivity index (χ3n) is 5.55. The van der Waals surface area contributed by atoms with E-state index < -0.39 is 0 Å². The number of aromatic nitrogens is 1. The molecule has 0 unspecified atom stereocenters. The maximum atomic E-state index is 12.0. The van der Waals surface area contributed by atoms with Gasteiger partial charge in [-0.05, 0) is 25.0 Å². The molecule has 28 heavy (non-hydrogen) atoms. The lowest BCUT2D eigenvalue weighted by molar-refractivity contribution is -0.128. The van der Waals surface area contributed by atoms with Crippen LogP contribution < -0.4 is 5.73 Å². The van der Waals surface area contributed by atoms with Gasteiger partial charge in [0.2, 0.25) is 5.91 Å². The van der Waals surface area contributed by atoms with Crippen LogP contribution in [0.4, 0.5) is 0 Å². The molecule has 3 heterocycles. The molecule has 1 aromatic carbocycles. The Morgan fingerprint density at radius 2 is 2.04 bits per heavy atom. The second-order valence-electron chi connectivity index (χ2n) is 7.38. The van der Waals surface area contributed by atoms with Crippen LogP contribution in [0, 0.1) is 0 Å². The summed E-state index contributed by atoms with van der Waals surface area (Å²) in [7, 11) is 0. The quantitative estimate of drug-likeness (QED) is 0.871. The molecular formula is C22H26N4O2. The van der Waals surface area contributed by atoms with Crippen LogP contribution in [0.15, 0.2) is 47.1 Å². The van der Waals surface area contributed by atoms with Gasteiger partial charge in [-0.2, -0.15) is 0 Å². The molecule has 0 radical (unpaired) electrons. The largest absolute Gasteiger partial charge is 0.398 e. The van der Waals surface area contributed by atoms with E-state index in [1.54, 1.807) is 13.1 Å². The number of carbonyl (C=O) groups is 1. The number of likely N-dealkylation sites (tertiary alicyclic amines) is 1. The highest BCUT2D eigenvalue weighted by Crippen LogP contribution is 2.27. The molecule has 0 atom stereocenters. The number of hydrogen-bond donors (Lipinski definition) is 1. The van der Waals surface area contributed by atoms with E-state index in [0.29, 0.717) is 18.8 Å². The zero-order valence-corrected chi connectivity index (χ0v) is 16.2. The number of ether oxygens (including phenoxy) is 1. The Bertz CT molecular complexity index is 939. The van der Waals surface area contributed by atoms with Gasteiger partial charge in [0.25, 0.3) is 0 Å². The van der Waals surface area contributed by atoms with Gasteiger partial charge in [-0.1, -0.05) is 18.2 Å². The number of para-hydroxylation sites is 1. The van der Waals surface area contributed by atoms with Crippen molar-refractivity contribution in [3.05, 3.63) is 47.7 Å². The van der Waals surface area contributed by atoms with Crippen molar-refractivity contribution in [3.8, 4) is 0 Å². The molecule has 0 bridgehead atoms. The molecule has 2 aliphatic heterocycles. The molecular weight excluding hydrogens is 352 g/mol. The smallest absolute Gasteiger partial charge is 0.219 e. The minimum absolute atomic E-state index is 0.0648. The summed E-state index contributed by atoms with van der Waals surface area (Å²) in [5.74, 6) is 0.0648. The van der Waals surface area contributed by atoms with E-state index in [4.69, 9.17) is 15.5 Å². The van der Waals surface area contributed by atoms with Crippen molar-refractivity contribution >= 4 is 28.2 Å². The SMILES string of the molecule is CC(=O)N1CCC(=NC2CCOCC2)C(=C(N)c2ccnc3ccccc23)C1. The summed E-state index contributed by atoms with van der Waals surface area (Å²) in [4.78, 5) is 23.3. The molecule has 0 saturated carbocycles. The lowest BCUT2D eigenvalue weighted by atomic mass is 9.94. The zero-order chi connectivity index (χ0) is 19.5. The molecule has 1 amide bonds. The predicted molar refractivity (Wildman–Crippen MR) is 111 cm³/mol. The molecule has 6 heteroatoms. The van der Waals surface area contributed by atoms with Crippen LogP contribution in [-0.2, 0) is 9.53 Å². The van der Waals surface area contributed by atoms with Crippen LogP contribution in [0.5, 0.6) is 0 Å². The fourth-order valence-electron chi connectivity index (χ4n) is 3.93. The number of piperidine rings is 1. The molecule has 6 nitrogen and oxygen atoms in total. The van der Waals surface area contributed by atoms with Gasteiger partial charge in [-0.15, -0.1) is 0 Å². The van der Waals surface area contributed by atoms with E-state index in [1.807, 2.05) is 35.2 Å². The molecule has 4 rings (SSSR count). The van der Waals surface area contributed by atoms with Crippen molar-refractivity contribution < 1.29 is 9.53 Å². The van der Waals surface area contributed by atoms with Crippen LogP contribution in [0.1, 0.15) is 31.7 Å². The highest BCUT2D eigenvalue weighted by atomic mass is 16.5. The van der Waals surface area contributed by atoms with Crippen LogP contribution in [0.2, 0.25) is 0 Å². The van der Waals surface area contributed by atoms with Gasteiger partial charge in [-0.25, -0.2) is 0 Å². The molecule has 0 spiro atoms. The Morgan fingerprint density at radius 1 is 1.25 bits per heavy atom. The second kappa shape index (κ2) is 8.10. The summed E-state index contributed by atoms with van der Waals surface area (Å²) >= 11 is 0. The molecule has 2 aromatic rings. The summed E-state index contributed by atoms with van der Waals surface area (Å²) in [6.07, 6.45) is 4.39. The predicted octanol–water partition coefficient (Wildman–Crippen LogP) is 2.78. The third kappa shape index (κ3) is 3.78. The summed E-state index contributed by atoms with van der Waals surface area (Å²) < 4.78 is 5.46. The van der Waals surface area contributed by atoms with E-state index >= 15 is 0 Å². The average Bonchev–Trinajstić information content (AvgIpc) is 2.73. The van der Waals surface area contributed by atoms with Gasteiger partial charge in [0.05, 0.1) is 11.6 Å². The van der Waals surface area contributed by atoms with Crippen molar-refractivity contribution in [2.75, 3.05) is 26.3 Å². The molecule has 1 aromatic heterocycles. The van der Waals surface area contributed by atoms with Gasteiger partial charge in [0.1, 0.15) is 0 Å². The van der Waals surface area contributed by atoms with Gasteiger partial charge in [0, 0.05) is 73.8 Å². The van der Waals surface area contributed by atoms with E-state index in [-0.39, 0.29) is 11.9 Å². The number of hydrogen-bond acceptors (Lipinski definition) is 5. The normalized spacial score (nSPS) is 21.9. The first-order valence-electron chi connectivity index (χ1n) is 9.86. The second-order valence-corrected chi connectivity index (χ2v) is 7.38. The van der Waals surface area contributed by atoms with Crippen molar-refractivity contribution in [3.63, 3.8) is 0 Å². The summed E-state index contributed by atoms with van der Waals surface area (Å²) in [5, 5.41) is 1.01. The third-order valence-corrected chi connectivity index (χ3v) is 5.55. The highest BCUT2D eigenvalue weighted by Gasteiger charge is 2.26. The summed E-state index contributed by atoms with van der Waals surface area (Å²) in [6, 6.07) is 10.2. The van der Waals surface area contributed by atoms with E-state index in [2.05, 4.69) is 4.98 Å². The number of pyridine rings is 1. The van der Waals surface area contributed by atoms with Crippen LogP contribution in [0.3, 0.4) is 0 Å². The van der Waals surface area contributed by atoms with Gasteiger partial charge < -0.3 is 15.4 Å². The molecule has 146 valence electrons. The number of aliphatic imine (C=N–C) groups is 1. The van der Waals surface area contributed by atoms with Crippen molar-refractivity contribution in [2.24, 2.45) is 10.7 Å². The maximum Gasteiger partial charge on any atom is 0.219 e. The Morgan fingerprint density at radius 3 is 2.82 bits per heavy atom. The van der Waals surface area contributed by atoms with E-state index in [0.717, 1.165) is 60.2 Å². The number of carbonyl (C=O) groups excluding carboxylic acids is 1. The fourth-order valence-corrected chi connectivity index (χ4v) is 3.93. The minimum atomic E-state index is 0.0648. The van der Waals surface area contributed by atoms with E-state index in [1.165, 1.54) is 0 Å². The maximum absolute atomic E-state index is 12.0. The first-order valence-corrected chi connectivity index (χ1v) is 9.86. The van der Waals surface area contributed by atoms with E-state index in [9.17, 15) is 4.79 Å². The number of rotatable bonds is 2. The van der Waals surface area contributed by atoms with Gasteiger partial charge >= 0.3 is 0 Å². The molecule has 2 fully saturated rings. The fraction of sp³-hybridized carbons (Fsp3) is 0.409. The minimum Gasteiger partial charge on any atom is -0.398 e. The number of amides is 1. The van der Waals surface area contributed by atoms with Crippen molar-refractivity contribution in [2.45, 2.75) is 32.2 Å². The Labute approximate surface area is 165 Å². The number of benzene rings is 1. The summed E-state index contributed by atoms with van der Waals surface area (Å²) in [5.41, 5.74) is 11.2. The van der Waals surface area contributed by atoms with Crippen LogP contribution in [0.25, 0.3) is 16.6 Å². The van der Waals surface area contributed by atoms with Gasteiger partial charge in [-0.3, -0.25) is 14.8 Å². The highest BCUT2D eigenvalue weighted by molar-refractivity contribution is 6.09. The first-order chi connectivity index (χ1) is 13.6. The number of nitrogens with zero attached hydrogens (tertiary/aromatic N) is 3. The average molecular weight is 378 g/mol. The Balaban J connectivity index is 1.79. The molecule has 2 aliphatic rings. The van der Waals surface area contributed by atoms with Gasteiger partial charge in [0.15, 0.2) is 0 Å². The lowest BCUT2D eigenvalue weighted by Crippen LogP contribution is -2.40. The Hall–Kier alpha value is -2.73. The molecule has 0 aliphatic carbocycles. The Kier molecular flexibility index (Phi) is 5.39. The van der Waals surface area contributed by atoms with Crippen molar-refractivity contribution in [1.29, 1.82) is 0 Å².